The van der Waals surface area contributed by atoms with Crippen LogP contribution >= 0.6 is 23.5 Å². The number of hydrogen-bond acceptors (Lipinski definition) is 5. The molecule has 0 heterocycles. The van der Waals surface area contributed by atoms with Gasteiger partial charge in [-0.2, -0.15) is 0 Å². The van der Waals surface area contributed by atoms with E-state index in [0.717, 1.165) is 35.8 Å². The molecular weight excluding hydrogens is 316 g/mol. The fraction of sp³-hybridized carbons (Fsp3) is 0.647. The highest BCUT2D eigenvalue weighted by molar-refractivity contribution is 8.17. The molecule has 0 bridgehead atoms. The molecular formula is C17H28O3S2. The van der Waals surface area contributed by atoms with Gasteiger partial charge in [-0.15, -0.1) is 23.5 Å². The topological polar surface area (TPSA) is 27.7 Å². The smallest absolute Gasteiger partial charge is 0.118 e. The molecule has 0 aliphatic rings. The number of methoxy groups -OCH3 is 2. The molecule has 0 amide bonds. The van der Waals surface area contributed by atoms with Crippen molar-refractivity contribution >= 4 is 23.5 Å². The first kappa shape index (κ1) is 19.7. The van der Waals surface area contributed by atoms with Crippen LogP contribution in [0, 0.1) is 0 Å². The summed E-state index contributed by atoms with van der Waals surface area (Å²) in [6, 6.07) is 8.00. The highest BCUT2D eigenvalue weighted by Gasteiger charge is 2.20. The first-order chi connectivity index (χ1) is 10.7. The van der Waals surface area contributed by atoms with Gasteiger partial charge in [0.25, 0.3) is 0 Å². The molecule has 0 aliphatic carbocycles. The summed E-state index contributed by atoms with van der Waals surface area (Å²) >= 11 is 3.92. The second kappa shape index (κ2) is 12.1. The van der Waals surface area contributed by atoms with Crippen molar-refractivity contribution in [2.45, 2.75) is 37.6 Å². The molecule has 0 spiro atoms. The average Bonchev–Trinajstić information content (AvgIpc) is 2.55. The Bertz CT molecular complexity index is 378. The number of hydrogen-bond donors (Lipinski definition) is 0. The molecule has 22 heavy (non-hydrogen) atoms. The zero-order chi connectivity index (χ0) is 16.2. The van der Waals surface area contributed by atoms with E-state index in [4.69, 9.17) is 14.2 Å². The van der Waals surface area contributed by atoms with Crippen molar-refractivity contribution < 1.29 is 14.2 Å². The van der Waals surface area contributed by atoms with Crippen LogP contribution in [-0.2, 0) is 16.1 Å². The SMILES string of the molecule is CCSC(SCC)[C@H](CCOCc1ccc(OC)cc1)OC. The van der Waals surface area contributed by atoms with Crippen LogP contribution in [0.4, 0.5) is 0 Å². The summed E-state index contributed by atoms with van der Waals surface area (Å²) in [5, 5.41) is 0. The maximum Gasteiger partial charge on any atom is 0.118 e. The molecule has 1 atom stereocenters. The second-order valence-corrected chi connectivity index (χ2v) is 7.88. The Labute approximate surface area is 143 Å². The molecule has 0 saturated heterocycles. The van der Waals surface area contributed by atoms with Crippen LogP contribution in [-0.4, -0.2) is 43.0 Å². The Kier molecular flexibility index (Phi) is 10.8. The third-order valence-corrected chi connectivity index (χ3v) is 5.99. The van der Waals surface area contributed by atoms with Gasteiger partial charge in [-0.1, -0.05) is 26.0 Å². The predicted octanol–water partition coefficient (Wildman–Crippen LogP) is 4.45. The number of rotatable bonds is 12. The molecule has 126 valence electrons. The van der Waals surface area contributed by atoms with Gasteiger partial charge in [0.15, 0.2) is 0 Å². The van der Waals surface area contributed by atoms with Gasteiger partial charge in [0.1, 0.15) is 5.75 Å². The maximum atomic E-state index is 5.79. The van der Waals surface area contributed by atoms with E-state index >= 15 is 0 Å². The van der Waals surface area contributed by atoms with E-state index in [0.29, 0.717) is 11.2 Å². The second-order valence-electron chi connectivity index (χ2n) is 4.74. The third kappa shape index (κ3) is 7.27. The summed E-state index contributed by atoms with van der Waals surface area (Å²) in [6.45, 7) is 5.74. The summed E-state index contributed by atoms with van der Waals surface area (Å²) < 4.78 is 17.1. The Morgan fingerprint density at radius 1 is 1.00 bits per heavy atom. The van der Waals surface area contributed by atoms with Crippen molar-refractivity contribution in [1.29, 1.82) is 0 Å². The van der Waals surface area contributed by atoms with Gasteiger partial charge in [0.05, 0.1) is 24.4 Å². The van der Waals surface area contributed by atoms with E-state index < -0.39 is 0 Å². The molecule has 0 fully saturated rings. The lowest BCUT2D eigenvalue weighted by Crippen LogP contribution is -2.25. The van der Waals surface area contributed by atoms with Gasteiger partial charge in [-0.25, -0.2) is 0 Å². The van der Waals surface area contributed by atoms with Crippen molar-refractivity contribution in [3.8, 4) is 5.75 Å². The molecule has 0 aliphatic heterocycles. The first-order valence-electron chi connectivity index (χ1n) is 7.71. The van der Waals surface area contributed by atoms with E-state index in [1.165, 1.54) is 0 Å². The van der Waals surface area contributed by atoms with Crippen LogP contribution in [0.25, 0.3) is 0 Å². The van der Waals surface area contributed by atoms with E-state index in [9.17, 15) is 0 Å². The molecule has 1 aromatic rings. The largest absolute Gasteiger partial charge is 0.497 e. The molecule has 0 unspecified atom stereocenters. The monoisotopic (exact) mass is 344 g/mol. The minimum Gasteiger partial charge on any atom is -0.497 e. The zero-order valence-corrected chi connectivity index (χ0v) is 15.7. The van der Waals surface area contributed by atoms with Gasteiger partial charge in [-0.05, 0) is 35.6 Å². The van der Waals surface area contributed by atoms with Gasteiger partial charge in [0.2, 0.25) is 0 Å². The number of ether oxygens (including phenoxy) is 3. The van der Waals surface area contributed by atoms with Crippen molar-refractivity contribution in [3.63, 3.8) is 0 Å². The van der Waals surface area contributed by atoms with E-state index in [1.54, 1.807) is 14.2 Å². The fourth-order valence-electron chi connectivity index (χ4n) is 2.07. The number of thioether (sulfide) groups is 2. The van der Waals surface area contributed by atoms with Crippen molar-refractivity contribution in [2.24, 2.45) is 0 Å². The summed E-state index contributed by atoms with van der Waals surface area (Å²) in [6.07, 6.45) is 1.17. The Morgan fingerprint density at radius 2 is 1.64 bits per heavy atom. The van der Waals surface area contributed by atoms with Gasteiger partial charge in [0, 0.05) is 13.7 Å². The summed E-state index contributed by atoms with van der Waals surface area (Å²) in [4.78, 5) is 0. The van der Waals surface area contributed by atoms with Crippen LogP contribution in [0.2, 0.25) is 0 Å². The van der Waals surface area contributed by atoms with E-state index in [-0.39, 0.29) is 6.10 Å². The van der Waals surface area contributed by atoms with Crippen LogP contribution in [0.3, 0.4) is 0 Å². The molecule has 0 N–H and O–H groups in total. The molecule has 1 rings (SSSR count). The van der Waals surface area contributed by atoms with Crippen molar-refractivity contribution in [1.82, 2.24) is 0 Å². The molecule has 1 aromatic carbocycles. The van der Waals surface area contributed by atoms with Crippen molar-refractivity contribution in [2.75, 3.05) is 32.3 Å². The molecule has 0 aromatic heterocycles. The zero-order valence-electron chi connectivity index (χ0n) is 14.0. The highest BCUT2D eigenvalue weighted by atomic mass is 32.2. The molecule has 0 radical (unpaired) electrons. The van der Waals surface area contributed by atoms with E-state index in [1.807, 2.05) is 47.8 Å². The van der Waals surface area contributed by atoms with Crippen LogP contribution in [0.1, 0.15) is 25.8 Å². The minimum atomic E-state index is 0.241. The summed E-state index contributed by atoms with van der Waals surface area (Å²) in [7, 11) is 3.48. The maximum absolute atomic E-state index is 5.79. The Balaban J connectivity index is 2.33. The Morgan fingerprint density at radius 3 is 2.14 bits per heavy atom. The lowest BCUT2D eigenvalue weighted by atomic mass is 10.2. The average molecular weight is 345 g/mol. The first-order valence-corrected chi connectivity index (χ1v) is 9.81. The summed E-state index contributed by atoms with van der Waals surface area (Å²) in [5.74, 6) is 3.10. The molecule has 5 heteroatoms. The van der Waals surface area contributed by atoms with Gasteiger partial charge < -0.3 is 14.2 Å². The van der Waals surface area contributed by atoms with Crippen LogP contribution in [0.5, 0.6) is 5.75 Å². The normalized spacial score (nSPS) is 12.6. The number of benzene rings is 1. The summed E-state index contributed by atoms with van der Waals surface area (Å²) in [5.41, 5.74) is 1.16. The highest BCUT2D eigenvalue weighted by Crippen LogP contribution is 2.29. The quantitative estimate of drug-likeness (QED) is 0.412. The van der Waals surface area contributed by atoms with E-state index in [2.05, 4.69) is 13.8 Å². The molecule has 3 nitrogen and oxygen atoms in total. The van der Waals surface area contributed by atoms with Crippen molar-refractivity contribution in [3.05, 3.63) is 29.8 Å². The van der Waals surface area contributed by atoms with Gasteiger partial charge in [-0.3, -0.25) is 0 Å². The Hall–Kier alpha value is -0.360. The van der Waals surface area contributed by atoms with Crippen LogP contribution in [0.15, 0.2) is 24.3 Å². The third-order valence-electron chi connectivity index (χ3n) is 3.24. The predicted molar refractivity (Wildman–Crippen MR) is 98.1 cm³/mol. The minimum absolute atomic E-state index is 0.241. The fourth-order valence-corrected chi connectivity index (χ4v) is 4.85. The lowest BCUT2D eigenvalue weighted by molar-refractivity contribution is 0.0545. The van der Waals surface area contributed by atoms with Gasteiger partial charge >= 0.3 is 0 Å². The van der Waals surface area contributed by atoms with Crippen LogP contribution < -0.4 is 4.74 Å². The molecule has 0 saturated carbocycles. The lowest BCUT2D eigenvalue weighted by Gasteiger charge is -2.24. The standard InChI is InChI=1S/C17H28O3S2/c1-5-21-17(22-6-2)16(19-4)11-12-20-13-14-7-9-15(18-3)10-8-14/h7-10,16-17H,5-6,11-13H2,1-4H3/t16-/m0/s1.